The molecule has 19 heavy (non-hydrogen) atoms. The molecule has 0 spiro atoms. The Morgan fingerprint density at radius 3 is 2.79 bits per heavy atom. The first kappa shape index (κ1) is 14.6. The Hall–Kier alpha value is -0.840. The highest BCUT2D eigenvalue weighted by Crippen LogP contribution is 2.34. The third kappa shape index (κ3) is 3.81. The highest BCUT2D eigenvalue weighted by atomic mass is 127. The van der Waals surface area contributed by atoms with Gasteiger partial charge < -0.3 is 4.74 Å². The molecule has 0 N–H and O–H groups in total. The Morgan fingerprint density at radius 1 is 1.47 bits per heavy atom. The van der Waals surface area contributed by atoms with E-state index in [1.165, 1.54) is 16.1 Å². The number of allylic oxidation sites excluding steroid dienone is 6. The van der Waals surface area contributed by atoms with Gasteiger partial charge in [-0.15, -0.1) is 0 Å². The minimum atomic E-state index is -0.194. The van der Waals surface area contributed by atoms with E-state index in [1.54, 1.807) is 0 Å². The maximum atomic E-state index is 11.3. The van der Waals surface area contributed by atoms with E-state index in [0.29, 0.717) is 5.92 Å². The van der Waals surface area contributed by atoms with Crippen molar-refractivity contribution in [3.05, 3.63) is 45.6 Å². The summed E-state index contributed by atoms with van der Waals surface area (Å²) in [7, 11) is 0. The second kappa shape index (κ2) is 6.55. The molecule has 3 heteroatoms. The molecule has 0 bridgehead atoms. The van der Waals surface area contributed by atoms with Crippen molar-refractivity contribution < 1.29 is 9.53 Å². The first-order valence-corrected chi connectivity index (χ1v) is 7.72. The van der Waals surface area contributed by atoms with Crippen LogP contribution < -0.4 is 0 Å². The molecule has 2 nitrogen and oxygen atoms in total. The van der Waals surface area contributed by atoms with Gasteiger partial charge in [-0.05, 0) is 41.4 Å². The summed E-state index contributed by atoms with van der Waals surface area (Å²) in [5.74, 6) is 0.472. The van der Waals surface area contributed by atoms with Gasteiger partial charge in [-0.25, -0.2) is 0 Å². The lowest BCUT2D eigenvalue weighted by molar-refractivity contribution is -0.148. The molecule has 0 fully saturated rings. The van der Waals surface area contributed by atoms with Gasteiger partial charge in [-0.2, -0.15) is 0 Å². The van der Waals surface area contributed by atoms with E-state index in [2.05, 4.69) is 59.9 Å². The number of carbonyl (C=O) groups excluding carboxylic acids is 1. The van der Waals surface area contributed by atoms with Crippen LogP contribution in [-0.4, -0.2) is 12.1 Å². The predicted molar refractivity (Wildman–Crippen MR) is 85.9 cm³/mol. The maximum absolute atomic E-state index is 11.3. The third-order valence-electron chi connectivity index (χ3n) is 3.63. The topological polar surface area (TPSA) is 26.3 Å². The zero-order valence-corrected chi connectivity index (χ0v) is 13.5. The summed E-state index contributed by atoms with van der Waals surface area (Å²) in [4.78, 5) is 11.3. The van der Waals surface area contributed by atoms with Gasteiger partial charge in [-0.3, -0.25) is 4.79 Å². The van der Waals surface area contributed by atoms with Crippen LogP contribution in [0.5, 0.6) is 0 Å². The zero-order chi connectivity index (χ0) is 13.8. The summed E-state index contributed by atoms with van der Waals surface area (Å²) in [6, 6.07) is 0. The van der Waals surface area contributed by atoms with Crippen LogP contribution in [0.1, 0.15) is 26.7 Å². The van der Waals surface area contributed by atoms with Crippen molar-refractivity contribution in [3.8, 4) is 0 Å². The van der Waals surface area contributed by atoms with Gasteiger partial charge in [0.1, 0.15) is 6.10 Å². The first-order chi connectivity index (χ1) is 9.08. The van der Waals surface area contributed by atoms with Crippen molar-refractivity contribution in [2.24, 2.45) is 11.8 Å². The van der Waals surface area contributed by atoms with Crippen LogP contribution in [0.15, 0.2) is 45.6 Å². The molecule has 0 radical (unpaired) electrons. The van der Waals surface area contributed by atoms with Crippen molar-refractivity contribution >= 4 is 28.6 Å². The normalized spacial score (nSPS) is 24.1. The van der Waals surface area contributed by atoms with Gasteiger partial charge in [0.05, 0.1) is 0 Å². The van der Waals surface area contributed by atoms with Gasteiger partial charge in [0, 0.05) is 16.4 Å². The number of hydrogen-bond acceptors (Lipinski definition) is 2. The van der Waals surface area contributed by atoms with E-state index in [1.807, 2.05) is 6.08 Å². The van der Waals surface area contributed by atoms with Gasteiger partial charge >= 0.3 is 5.97 Å². The van der Waals surface area contributed by atoms with Crippen LogP contribution in [0.4, 0.5) is 0 Å². The largest absolute Gasteiger partial charge is 0.462 e. The Bertz CT molecular complexity index is 471. The number of halogens is 1. The standard InChI is InChI=1S/C16H19IO2/c1-11(13-6-3-4-7-13)10-16(19-12(2)18)14-8-5-9-15(14)17/h3-6,8-9,11,14,16H,7,10H2,1-2H3/t11-,14?,16-/m1/s1. The molecule has 0 aromatic carbocycles. The molecule has 0 saturated heterocycles. The number of esters is 1. The van der Waals surface area contributed by atoms with Crippen LogP contribution in [0.25, 0.3) is 0 Å². The lowest BCUT2D eigenvalue weighted by atomic mass is 9.89. The molecule has 0 aromatic heterocycles. The van der Waals surface area contributed by atoms with E-state index in [9.17, 15) is 4.79 Å². The fourth-order valence-electron chi connectivity index (χ4n) is 2.58. The summed E-state index contributed by atoms with van der Waals surface area (Å²) in [6.07, 6.45) is 14.6. The second-order valence-electron chi connectivity index (χ2n) is 5.12. The van der Waals surface area contributed by atoms with Crippen molar-refractivity contribution in [1.29, 1.82) is 0 Å². The molecule has 2 aliphatic carbocycles. The van der Waals surface area contributed by atoms with Gasteiger partial charge in [0.15, 0.2) is 0 Å². The SMILES string of the molecule is CC(=O)O[C@H](C[C@@H](C)C1=CC=CC1)C1C=CC=C1I. The van der Waals surface area contributed by atoms with Crippen LogP contribution in [0, 0.1) is 11.8 Å². The molecule has 0 aliphatic heterocycles. The van der Waals surface area contributed by atoms with Crippen molar-refractivity contribution in [2.75, 3.05) is 0 Å². The molecule has 0 aromatic rings. The molecule has 2 aliphatic rings. The molecule has 3 atom stereocenters. The van der Waals surface area contributed by atoms with Gasteiger partial charge in [-0.1, -0.05) is 49.0 Å². The Morgan fingerprint density at radius 2 is 2.26 bits per heavy atom. The Labute approximate surface area is 128 Å². The van der Waals surface area contributed by atoms with Crippen molar-refractivity contribution in [3.63, 3.8) is 0 Å². The molecule has 1 unspecified atom stereocenters. The molecular weight excluding hydrogens is 351 g/mol. The Balaban J connectivity index is 2.03. The lowest BCUT2D eigenvalue weighted by Gasteiger charge is -2.26. The Kier molecular flexibility index (Phi) is 5.02. The predicted octanol–water partition coefficient (Wildman–Crippen LogP) is 4.34. The maximum Gasteiger partial charge on any atom is 0.302 e. The average Bonchev–Trinajstić information content (AvgIpc) is 2.97. The number of hydrogen-bond donors (Lipinski definition) is 0. The average molecular weight is 370 g/mol. The zero-order valence-electron chi connectivity index (χ0n) is 11.3. The summed E-state index contributed by atoms with van der Waals surface area (Å²) in [6.45, 7) is 3.70. The summed E-state index contributed by atoms with van der Waals surface area (Å²) in [5, 5.41) is 0. The fourth-order valence-corrected chi connectivity index (χ4v) is 3.40. The van der Waals surface area contributed by atoms with E-state index < -0.39 is 0 Å². The van der Waals surface area contributed by atoms with E-state index in [0.717, 1.165) is 12.8 Å². The highest BCUT2D eigenvalue weighted by molar-refractivity contribution is 14.1. The van der Waals surface area contributed by atoms with Gasteiger partial charge in [0.2, 0.25) is 0 Å². The number of ether oxygens (including phenoxy) is 1. The van der Waals surface area contributed by atoms with Crippen LogP contribution >= 0.6 is 22.6 Å². The summed E-state index contributed by atoms with van der Waals surface area (Å²) >= 11 is 2.33. The van der Waals surface area contributed by atoms with Gasteiger partial charge in [0.25, 0.3) is 0 Å². The van der Waals surface area contributed by atoms with Crippen LogP contribution in [0.2, 0.25) is 0 Å². The lowest BCUT2D eigenvalue weighted by Crippen LogP contribution is -2.27. The number of carbonyl (C=O) groups is 1. The molecule has 0 amide bonds. The molecular formula is C16H19IO2. The third-order valence-corrected chi connectivity index (χ3v) is 4.71. The minimum absolute atomic E-state index is 0.0594. The second-order valence-corrected chi connectivity index (χ2v) is 6.37. The first-order valence-electron chi connectivity index (χ1n) is 6.64. The van der Waals surface area contributed by atoms with E-state index in [-0.39, 0.29) is 18.0 Å². The molecule has 0 saturated carbocycles. The van der Waals surface area contributed by atoms with Crippen LogP contribution in [0.3, 0.4) is 0 Å². The molecule has 102 valence electrons. The van der Waals surface area contributed by atoms with E-state index in [4.69, 9.17) is 4.74 Å². The monoisotopic (exact) mass is 370 g/mol. The van der Waals surface area contributed by atoms with Crippen molar-refractivity contribution in [2.45, 2.75) is 32.8 Å². The number of rotatable bonds is 5. The quantitative estimate of drug-likeness (QED) is 0.532. The minimum Gasteiger partial charge on any atom is -0.462 e. The fraction of sp³-hybridized carbons (Fsp3) is 0.438. The van der Waals surface area contributed by atoms with E-state index >= 15 is 0 Å². The summed E-state index contributed by atoms with van der Waals surface area (Å²) < 4.78 is 6.80. The smallest absolute Gasteiger partial charge is 0.302 e. The van der Waals surface area contributed by atoms with Crippen molar-refractivity contribution in [1.82, 2.24) is 0 Å². The molecule has 2 rings (SSSR count). The van der Waals surface area contributed by atoms with Crippen LogP contribution in [-0.2, 0) is 9.53 Å². The summed E-state index contributed by atoms with van der Waals surface area (Å²) in [5.41, 5.74) is 1.43. The highest BCUT2D eigenvalue weighted by Gasteiger charge is 2.28. The molecule has 0 heterocycles.